The molecule has 0 aliphatic rings. The second-order valence-electron chi connectivity index (χ2n) is 5.31. The van der Waals surface area contributed by atoms with Gasteiger partial charge in [0, 0.05) is 22.8 Å². The van der Waals surface area contributed by atoms with Gasteiger partial charge in [0.05, 0.1) is 16.3 Å². The van der Waals surface area contributed by atoms with E-state index in [1.165, 1.54) is 18.2 Å². The number of carbonyl (C=O) groups is 1. The number of nitro groups is 1. The number of aryl methyl sites for hydroxylation is 2. The molecular formula is C16H13BrN4O3. The molecule has 0 aliphatic carbocycles. The van der Waals surface area contributed by atoms with E-state index in [0.29, 0.717) is 27.2 Å². The van der Waals surface area contributed by atoms with Crippen LogP contribution in [-0.4, -0.2) is 20.2 Å². The fraction of sp³-hybridized carbons (Fsp3) is 0.125. The van der Waals surface area contributed by atoms with Gasteiger partial charge in [-0.3, -0.25) is 19.3 Å². The maximum atomic E-state index is 12.7. The number of imidazole rings is 1. The molecule has 0 fully saturated rings. The third kappa shape index (κ3) is 2.76. The van der Waals surface area contributed by atoms with E-state index in [4.69, 9.17) is 0 Å². The Morgan fingerprint density at radius 1 is 1.33 bits per heavy atom. The molecule has 3 aromatic rings. The molecule has 122 valence electrons. The van der Waals surface area contributed by atoms with Crippen LogP contribution in [0.25, 0.3) is 5.65 Å². The predicted octanol–water partition coefficient (Wildman–Crippen LogP) is 3.87. The Hall–Kier alpha value is -2.74. The maximum Gasteiger partial charge on any atom is 0.274 e. The van der Waals surface area contributed by atoms with Gasteiger partial charge in [0.25, 0.3) is 11.6 Å². The minimum Gasteiger partial charge on any atom is -0.319 e. The van der Waals surface area contributed by atoms with E-state index in [9.17, 15) is 14.9 Å². The number of nitrogens with one attached hydrogen (secondary N) is 1. The standard InChI is InChI=1S/C16H13BrN4O3/c1-9-4-3-7-20-14(10(2)18-15(9)20)16(22)19-13-8-11(21(23)24)5-6-12(13)17/h3-8H,1-2H3,(H,19,22). The van der Waals surface area contributed by atoms with Crippen LogP contribution in [0.2, 0.25) is 0 Å². The average Bonchev–Trinajstić information content (AvgIpc) is 2.87. The van der Waals surface area contributed by atoms with E-state index in [1.807, 2.05) is 19.1 Å². The lowest BCUT2D eigenvalue weighted by Gasteiger charge is -2.08. The summed E-state index contributed by atoms with van der Waals surface area (Å²) >= 11 is 3.29. The number of nitro benzene ring substituents is 1. The van der Waals surface area contributed by atoms with Crippen LogP contribution in [0.15, 0.2) is 41.0 Å². The molecule has 1 N–H and O–H groups in total. The molecule has 1 amide bonds. The number of benzene rings is 1. The van der Waals surface area contributed by atoms with Gasteiger partial charge in [-0.15, -0.1) is 0 Å². The first-order valence-corrected chi connectivity index (χ1v) is 7.87. The number of carbonyl (C=O) groups excluding carboxylic acids is 1. The minimum absolute atomic E-state index is 0.0980. The number of pyridine rings is 1. The lowest BCUT2D eigenvalue weighted by molar-refractivity contribution is -0.384. The van der Waals surface area contributed by atoms with Crippen LogP contribution in [0.1, 0.15) is 21.7 Å². The number of fused-ring (bicyclic) bond motifs is 1. The summed E-state index contributed by atoms with van der Waals surface area (Å²) in [6.07, 6.45) is 1.76. The SMILES string of the molecule is Cc1nc2c(C)cccn2c1C(=O)Nc1cc([N+](=O)[O-])ccc1Br. The number of halogens is 1. The maximum absolute atomic E-state index is 12.7. The Balaban J connectivity index is 2.03. The summed E-state index contributed by atoms with van der Waals surface area (Å²) in [7, 11) is 0. The minimum atomic E-state index is -0.509. The third-order valence-corrected chi connectivity index (χ3v) is 4.34. The normalized spacial score (nSPS) is 10.8. The molecule has 2 aromatic heterocycles. The van der Waals surface area contributed by atoms with Crippen molar-refractivity contribution in [1.29, 1.82) is 0 Å². The van der Waals surface area contributed by atoms with Gasteiger partial charge in [-0.1, -0.05) is 6.07 Å². The van der Waals surface area contributed by atoms with Gasteiger partial charge in [0.15, 0.2) is 0 Å². The number of nitrogens with zero attached hydrogens (tertiary/aromatic N) is 3. The molecule has 0 radical (unpaired) electrons. The molecule has 8 heteroatoms. The second kappa shape index (κ2) is 6.04. The summed E-state index contributed by atoms with van der Waals surface area (Å²) in [5.41, 5.74) is 2.88. The molecule has 0 unspecified atom stereocenters. The van der Waals surface area contributed by atoms with E-state index in [-0.39, 0.29) is 11.6 Å². The summed E-state index contributed by atoms with van der Waals surface area (Å²) in [6, 6.07) is 7.96. The molecule has 0 saturated carbocycles. The van der Waals surface area contributed by atoms with E-state index in [2.05, 4.69) is 26.2 Å². The van der Waals surface area contributed by atoms with Crippen LogP contribution in [0.5, 0.6) is 0 Å². The number of amides is 1. The number of anilines is 1. The highest BCUT2D eigenvalue weighted by Gasteiger charge is 2.19. The van der Waals surface area contributed by atoms with Gasteiger partial charge >= 0.3 is 0 Å². The molecule has 3 rings (SSSR count). The van der Waals surface area contributed by atoms with Crippen molar-refractivity contribution in [2.24, 2.45) is 0 Å². The predicted molar refractivity (Wildman–Crippen MR) is 93.4 cm³/mol. The summed E-state index contributed by atoms with van der Waals surface area (Å²) in [4.78, 5) is 27.5. The summed E-state index contributed by atoms with van der Waals surface area (Å²) in [5.74, 6) is -0.383. The monoisotopic (exact) mass is 388 g/mol. The van der Waals surface area contributed by atoms with Crippen LogP contribution in [0, 0.1) is 24.0 Å². The van der Waals surface area contributed by atoms with Crippen molar-refractivity contribution < 1.29 is 9.72 Å². The number of rotatable bonds is 3. The first kappa shape index (κ1) is 16.1. The largest absolute Gasteiger partial charge is 0.319 e. The quantitative estimate of drug-likeness (QED) is 0.544. The zero-order chi connectivity index (χ0) is 17.4. The van der Waals surface area contributed by atoms with Gasteiger partial charge in [0.1, 0.15) is 11.3 Å². The second-order valence-corrected chi connectivity index (χ2v) is 6.16. The zero-order valence-corrected chi connectivity index (χ0v) is 14.5. The number of aromatic nitrogens is 2. The van der Waals surface area contributed by atoms with Crippen LogP contribution in [-0.2, 0) is 0 Å². The van der Waals surface area contributed by atoms with Crippen molar-refractivity contribution in [3.8, 4) is 0 Å². The highest BCUT2D eigenvalue weighted by Crippen LogP contribution is 2.28. The highest BCUT2D eigenvalue weighted by atomic mass is 79.9. The topological polar surface area (TPSA) is 89.5 Å². The Morgan fingerprint density at radius 3 is 2.79 bits per heavy atom. The average molecular weight is 389 g/mol. The van der Waals surface area contributed by atoms with E-state index in [1.54, 1.807) is 17.5 Å². The Bertz CT molecular complexity index is 981. The number of hydrogen-bond acceptors (Lipinski definition) is 4. The van der Waals surface area contributed by atoms with Gasteiger partial charge < -0.3 is 5.32 Å². The first-order chi connectivity index (χ1) is 11.4. The van der Waals surface area contributed by atoms with Crippen LogP contribution in [0.3, 0.4) is 0 Å². The molecule has 0 spiro atoms. The smallest absolute Gasteiger partial charge is 0.274 e. The fourth-order valence-corrected chi connectivity index (χ4v) is 2.84. The van der Waals surface area contributed by atoms with Crippen molar-refractivity contribution in [1.82, 2.24) is 9.38 Å². The van der Waals surface area contributed by atoms with E-state index >= 15 is 0 Å². The molecule has 0 atom stereocenters. The molecule has 0 bridgehead atoms. The Kier molecular flexibility index (Phi) is 4.06. The summed E-state index contributed by atoms with van der Waals surface area (Å²) in [5, 5.41) is 13.6. The van der Waals surface area contributed by atoms with Crippen molar-refractivity contribution in [3.63, 3.8) is 0 Å². The molecule has 2 heterocycles. The van der Waals surface area contributed by atoms with E-state index in [0.717, 1.165) is 5.56 Å². The number of hydrogen-bond donors (Lipinski definition) is 1. The van der Waals surface area contributed by atoms with Crippen molar-refractivity contribution >= 4 is 38.9 Å². The molecular weight excluding hydrogens is 376 g/mol. The fourth-order valence-electron chi connectivity index (χ4n) is 2.50. The molecule has 7 nitrogen and oxygen atoms in total. The van der Waals surface area contributed by atoms with Gasteiger partial charge in [-0.25, -0.2) is 4.98 Å². The van der Waals surface area contributed by atoms with Crippen LogP contribution >= 0.6 is 15.9 Å². The zero-order valence-electron chi connectivity index (χ0n) is 12.9. The summed E-state index contributed by atoms with van der Waals surface area (Å²) < 4.78 is 2.27. The van der Waals surface area contributed by atoms with Gasteiger partial charge in [-0.2, -0.15) is 0 Å². The molecule has 1 aromatic carbocycles. The Labute approximate surface area is 145 Å². The lowest BCUT2D eigenvalue weighted by Crippen LogP contribution is -2.16. The van der Waals surface area contributed by atoms with Crippen molar-refractivity contribution in [2.45, 2.75) is 13.8 Å². The third-order valence-electron chi connectivity index (χ3n) is 3.64. The van der Waals surface area contributed by atoms with Crippen LogP contribution < -0.4 is 5.32 Å². The molecule has 0 saturated heterocycles. The highest BCUT2D eigenvalue weighted by molar-refractivity contribution is 9.10. The van der Waals surface area contributed by atoms with Crippen molar-refractivity contribution in [3.05, 3.63) is 68.1 Å². The van der Waals surface area contributed by atoms with Gasteiger partial charge in [-0.05, 0) is 47.5 Å². The Morgan fingerprint density at radius 2 is 2.08 bits per heavy atom. The molecule has 0 aliphatic heterocycles. The first-order valence-electron chi connectivity index (χ1n) is 7.08. The lowest BCUT2D eigenvalue weighted by atomic mass is 10.2. The van der Waals surface area contributed by atoms with Crippen molar-refractivity contribution in [2.75, 3.05) is 5.32 Å². The summed E-state index contributed by atoms with van der Waals surface area (Å²) in [6.45, 7) is 3.67. The molecule has 24 heavy (non-hydrogen) atoms. The van der Waals surface area contributed by atoms with Crippen LogP contribution in [0.4, 0.5) is 11.4 Å². The van der Waals surface area contributed by atoms with E-state index < -0.39 is 4.92 Å². The number of non-ortho nitro benzene ring substituents is 1. The van der Waals surface area contributed by atoms with Gasteiger partial charge in [0.2, 0.25) is 0 Å².